The third kappa shape index (κ3) is 3.32. The summed E-state index contributed by atoms with van der Waals surface area (Å²) in [5.41, 5.74) is 0. The molecule has 1 amide bonds. The number of aromatic amines is 1. The van der Waals surface area contributed by atoms with E-state index in [0.29, 0.717) is 18.7 Å². The number of aliphatic hydroxyl groups is 1. The van der Waals surface area contributed by atoms with Crippen molar-refractivity contribution in [3.63, 3.8) is 0 Å². The maximum Gasteiger partial charge on any atom is 0.291 e. The van der Waals surface area contributed by atoms with Crippen LogP contribution in [0.4, 0.5) is 0 Å². The summed E-state index contributed by atoms with van der Waals surface area (Å²) in [6, 6.07) is -0.0777. The van der Waals surface area contributed by atoms with Crippen molar-refractivity contribution < 1.29 is 9.90 Å². The first-order chi connectivity index (χ1) is 7.17. The van der Waals surface area contributed by atoms with Gasteiger partial charge in [0.1, 0.15) is 5.82 Å². The second-order valence-corrected chi connectivity index (χ2v) is 3.35. The van der Waals surface area contributed by atoms with Gasteiger partial charge in [-0.05, 0) is 13.3 Å². The average Bonchev–Trinajstić information content (AvgIpc) is 2.66. The fraction of sp³-hybridized carbons (Fsp3) is 0.667. The summed E-state index contributed by atoms with van der Waals surface area (Å²) in [6.45, 7) is 3.80. The Morgan fingerprint density at radius 3 is 2.93 bits per heavy atom. The smallest absolute Gasteiger partial charge is 0.291 e. The molecule has 15 heavy (non-hydrogen) atoms. The predicted molar refractivity (Wildman–Crippen MR) is 54.4 cm³/mol. The summed E-state index contributed by atoms with van der Waals surface area (Å²) in [7, 11) is 0. The minimum absolute atomic E-state index is 0.0512. The summed E-state index contributed by atoms with van der Waals surface area (Å²) in [5.74, 6) is 0.526. The molecule has 0 saturated heterocycles. The lowest BCUT2D eigenvalue weighted by molar-refractivity contribution is 0.0924. The van der Waals surface area contributed by atoms with Crippen molar-refractivity contribution in [2.24, 2.45) is 0 Å². The lowest BCUT2D eigenvalue weighted by Crippen LogP contribution is -2.33. The number of aliphatic hydroxyl groups excluding tert-OH is 1. The maximum absolute atomic E-state index is 11.5. The van der Waals surface area contributed by atoms with Crippen molar-refractivity contribution in [2.45, 2.75) is 32.7 Å². The van der Waals surface area contributed by atoms with Crippen molar-refractivity contribution in [3.05, 3.63) is 11.6 Å². The lowest BCUT2D eigenvalue weighted by atomic mass is 10.2. The normalized spacial score (nSPS) is 12.5. The molecule has 84 valence electrons. The molecule has 3 N–H and O–H groups in total. The highest BCUT2D eigenvalue weighted by molar-refractivity contribution is 5.90. The Morgan fingerprint density at radius 1 is 1.67 bits per heavy atom. The van der Waals surface area contributed by atoms with Crippen LogP contribution in [0.25, 0.3) is 0 Å². The number of nitrogens with zero attached hydrogens (tertiary/aromatic N) is 2. The average molecular weight is 212 g/mol. The topological polar surface area (TPSA) is 90.9 Å². The number of aryl methyl sites for hydroxylation is 1. The number of nitrogens with one attached hydrogen (secondary N) is 2. The molecule has 1 unspecified atom stereocenters. The molecule has 0 aliphatic heterocycles. The van der Waals surface area contributed by atoms with Gasteiger partial charge in [0.05, 0.1) is 0 Å². The van der Waals surface area contributed by atoms with Crippen LogP contribution in [0.1, 0.15) is 36.7 Å². The maximum atomic E-state index is 11.5. The van der Waals surface area contributed by atoms with Crippen LogP contribution < -0.4 is 5.32 Å². The Hall–Kier alpha value is -1.43. The summed E-state index contributed by atoms with van der Waals surface area (Å²) >= 11 is 0. The van der Waals surface area contributed by atoms with Gasteiger partial charge in [-0.15, -0.1) is 5.10 Å². The van der Waals surface area contributed by atoms with E-state index in [1.54, 1.807) is 0 Å². The standard InChI is InChI=1S/C9H16N4O2/c1-3-7-11-8(13-12-7)9(15)10-6(2)4-5-14/h6,14H,3-5H2,1-2H3,(H,10,15)(H,11,12,13). The number of H-pyrrole nitrogens is 1. The third-order valence-corrected chi connectivity index (χ3v) is 2.01. The molecule has 1 rings (SSSR count). The lowest BCUT2D eigenvalue weighted by Gasteiger charge is -2.09. The number of rotatable bonds is 5. The van der Waals surface area contributed by atoms with Crippen molar-refractivity contribution >= 4 is 5.91 Å². The van der Waals surface area contributed by atoms with Crippen molar-refractivity contribution in [1.82, 2.24) is 20.5 Å². The third-order valence-electron chi connectivity index (χ3n) is 2.01. The van der Waals surface area contributed by atoms with E-state index in [-0.39, 0.29) is 24.4 Å². The van der Waals surface area contributed by atoms with Crippen molar-refractivity contribution in [2.75, 3.05) is 6.61 Å². The first-order valence-corrected chi connectivity index (χ1v) is 5.00. The number of carbonyl (C=O) groups excluding carboxylic acids is 1. The van der Waals surface area contributed by atoms with E-state index in [4.69, 9.17) is 5.11 Å². The quantitative estimate of drug-likeness (QED) is 0.634. The molecule has 0 aliphatic rings. The monoisotopic (exact) mass is 212 g/mol. The summed E-state index contributed by atoms with van der Waals surface area (Å²) < 4.78 is 0. The molecule has 1 aromatic rings. The van der Waals surface area contributed by atoms with Gasteiger partial charge < -0.3 is 10.4 Å². The Kier molecular flexibility index (Phi) is 4.23. The number of carbonyl (C=O) groups is 1. The molecule has 1 heterocycles. The van der Waals surface area contributed by atoms with E-state index in [1.807, 2.05) is 13.8 Å². The van der Waals surface area contributed by atoms with Crippen LogP contribution >= 0.6 is 0 Å². The second kappa shape index (κ2) is 5.45. The highest BCUT2D eigenvalue weighted by Gasteiger charge is 2.13. The minimum Gasteiger partial charge on any atom is -0.396 e. The zero-order valence-electron chi connectivity index (χ0n) is 8.95. The minimum atomic E-state index is -0.313. The Labute approximate surface area is 88.1 Å². The van der Waals surface area contributed by atoms with Gasteiger partial charge in [-0.2, -0.15) is 0 Å². The predicted octanol–water partition coefficient (Wildman–Crippen LogP) is -0.132. The van der Waals surface area contributed by atoms with Crippen LogP contribution in [0.15, 0.2) is 0 Å². The SMILES string of the molecule is CCc1nc(C(=O)NC(C)CCO)n[nH]1. The molecule has 0 bridgehead atoms. The second-order valence-electron chi connectivity index (χ2n) is 3.35. The highest BCUT2D eigenvalue weighted by atomic mass is 16.3. The van der Waals surface area contributed by atoms with Gasteiger partial charge in [0, 0.05) is 19.1 Å². The summed E-state index contributed by atoms with van der Waals surface area (Å²) in [5, 5.41) is 17.8. The van der Waals surface area contributed by atoms with Crippen molar-refractivity contribution in [3.8, 4) is 0 Å². The fourth-order valence-corrected chi connectivity index (χ4v) is 1.11. The highest BCUT2D eigenvalue weighted by Crippen LogP contribution is 1.96. The van der Waals surface area contributed by atoms with E-state index in [2.05, 4.69) is 20.5 Å². The van der Waals surface area contributed by atoms with Crippen LogP contribution in [-0.2, 0) is 6.42 Å². The zero-order valence-corrected chi connectivity index (χ0v) is 8.95. The first-order valence-electron chi connectivity index (χ1n) is 5.00. The molecule has 1 atom stereocenters. The number of aromatic nitrogens is 3. The van der Waals surface area contributed by atoms with Gasteiger partial charge in [0.15, 0.2) is 0 Å². The summed E-state index contributed by atoms with van der Waals surface area (Å²) in [4.78, 5) is 15.5. The molecule has 0 aromatic carbocycles. The molecule has 0 spiro atoms. The van der Waals surface area contributed by atoms with Crippen LogP contribution in [0.2, 0.25) is 0 Å². The Bertz CT molecular complexity index is 324. The Morgan fingerprint density at radius 2 is 2.40 bits per heavy atom. The Balaban J connectivity index is 2.53. The molecule has 0 fully saturated rings. The molecule has 0 aliphatic carbocycles. The van der Waals surface area contributed by atoms with Gasteiger partial charge in [-0.25, -0.2) is 4.98 Å². The van der Waals surface area contributed by atoms with Gasteiger partial charge in [0.25, 0.3) is 5.91 Å². The van der Waals surface area contributed by atoms with Gasteiger partial charge in [0.2, 0.25) is 5.82 Å². The van der Waals surface area contributed by atoms with Crippen molar-refractivity contribution in [1.29, 1.82) is 0 Å². The molecule has 0 radical (unpaired) electrons. The number of amides is 1. The first kappa shape index (κ1) is 11.6. The van der Waals surface area contributed by atoms with E-state index < -0.39 is 0 Å². The van der Waals surface area contributed by atoms with Crippen LogP contribution in [0.5, 0.6) is 0 Å². The van der Waals surface area contributed by atoms with Gasteiger partial charge >= 0.3 is 0 Å². The van der Waals surface area contributed by atoms with Crippen LogP contribution in [0.3, 0.4) is 0 Å². The van der Waals surface area contributed by atoms with E-state index in [1.165, 1.54) is 0 Å². The molecule has 6 heteroatoms. The van der Waals surface area contributed by atoms with Crippen LogP contribution in [0, 0.1) is 0 Å². The summed E-state index contributed by atoms with van der Waals surface area (Å²) in [6.07, 6.45) is 1.24. The fourth-order valence-electron chi connectivity index (χ4n) is 1.11. The number of hydrogen-bond acceptors (Lipinski definition) is 4. The van der Waals surface area contributed by atoms with E-state index in [9.17, 15) is 4.79 Å². The van der Waals surface area contributed by atoms with E-state index >= 15 is 0 Å². The van der Waals surface area contributed by atoms with Crippen LogP contribution in [-0.4, -0.2) is 38.8 Å². The van der Waals surface area contributed by atoms with E-state index in [0.717, 1.165) is 0 Å². The van der Waals surface area contributed by atoms with Gasteiger partial charge in [-0.1, -0.05) is 6.92 Å². The molecule has 1 aromatic heterocycles. The molecule has 6 nitrogen and oxygen atoms in total. The zero-order chi connectivity index (χ0) is 11.3. The van der Waals surface area contributed by atoms with Gasteiger partial charge in [-0.3, -0.25) is 9.89 Å². The number of hydrogen-bond donors (Lipinski definition) is 3. The molecular weight excluding hydrogens is 196 g/mol. The molecule has 0 saturated carbocycles. The largest absolute Gasteiger partial charge is 0.396 e. The molecular formula is C9H16N4O2.